The van der Waals surface area contributed by atoms with E-state index in [1.54, 1.807) is 23.2 Å². The zero-order chi connectivity index (χ0) is 28.3. The number of nitrogens with zero attached hydrogens (tertiary/aromatic N) is 4. The van der Waals surface area contributed by atoms with Gasteiger partial charge < -0.3 is 15.6 Å². The molecule has 0 bridgehead atoms. The number of hydrogen-bond acceptors (Lipinski definition) is 7. The number of sulfonamides is 1. The number of aliphatic imine (C=N–C) groups is 1. The van der Waals surface area contributed by atoms with Crippen LogP contribution in [-0.4, -0.2) is 78.6 Å². The molecule has 2 aromatic rings. The average Bonchev–Trinajstić information content (AvgIpc) is 3.21. The molecule has 1 aromatic heterocycles. The third-order valence-corrected chi connectivity index (χ3v) is 7.55. The number of aromatic nitrogens is 1. The minimum absolute atomic E-state index is 0.0194. The number of carbonyl (C=O) groups is 1. The van der Waals surface area contributed by atoms with Crippen LogP contribution in [0.15, 0.2) is 53.2 Å². The summed E-state index contributed by atoms with van der Waals surface area (Å²) >= 11 is 0. The molecule has 3 N–H and O–H groups in total. The molecule has 3 heterocycles. The third kappa shape index (κ3) is 7.51. The summed E-state index contributed by atoms with van der Waals surface area (Å²) < 4.78 is 25.4. The zero-order valence-electron chi connectivity index (χ0n) is 23.2. The molecule has 1 aromatic carbocycles. The highest BCUT2D eigenvalue weighted by atomic mass is 32.2. The lowest BCUT2D eigenvalue weighted by Gasteiger charge is -2.40. The van der Waals surface area contributed by atoms with Gasteiger partial charge in [0.2, 0.25) is 10.0 Å². The first-order valence-electron chi connectivity index (χ1n) is 13.0. The van der Waals surface area contributed by atoms with Gasteiger partial charge in [-0.05, 0) is 75.9 Å². The molecule has 0 spiro atoms. The lowest BCUT2D eigenvalue weighted by molar-refractivity contribution is 0.0509. The zero-order valence-corrected chi connectivity index (χ0v) is 24.0. The third-order valence-electron chi connectivity index (χ3n) is 6.97. The minimum Gasteiger partial charge on any atom is -0.344 e. The van der Waals surface area contributed by atoms with Gasteiger partial charge in [-0.15, -0.1) is 0 Å². The van der Waals surface area contributed by atoms with Crippen molar-refractivity contribution in [3.63, 3.8) is 0 Å². The molecule has 2 saturated heterocycles. The summed E-state index contributed by atoms with van der Waals surface area (Å²) in [7, 11) is -3.48. The van der Waals surface area contributed by atoms with Gasteiger partial charge in [0.1, 0.15) is 17.3 Å². The fourth-order valence-corrected chi connectivity index (χ4v) is 5.74. The van der Waals surface area contributed by atoms with Crippen molar-refractivity contribution in [1.82, 2.24) is 14.8 Å². The fraction of sp³-hybridized carbons (Fsp3) is 0.429. The molecule has 0 unspecified atom stereocenters. The predicted molar refractivity (Wildman–Crippen MR) is 156 cm³/mol. The lowest BCUT2D eigenvalue weighted by Crippen LogP contribution is -2.50. The predicted octanol–water partition coefficient (Wildman–Crippen LogP) is 3.81. The van der Waals surface area contributed by atoms with Crippen LogP contribution in [-0.2, 0) is 10.0 Å². The number of piperidine rings is 1. The van der Waals surface area contributed by atoms with Crippen LogP contribution in [0, 0.1) is 19.3 Å². The van der Waals surface area contributed by atoms with Crippen LogP contribution in [0.2, 0.25) is 0 Å². The molecular formula is C28H37N7O3S. The highest BCUT2D eigenvalue weighted by Crippen LogP contribution is 2.27. The van der Waals surface area contributed by atoms with Gasteiger partial charge in [0.25, 0.3) is 5.91 Å². The summed E-state index contributed by atoms with van der Waals surface area (Å²) in [6.45, 7) is 9.86. The SMILES string of the molecule is C/C(=N\C=C1\CN([C@@H]2CCN(C(=O)c3cccc(NS(C)(=O)=O)n3)[C@H](C)C2)CC1=N)Nc1cc(C)cc(C)c1. The van der Waals surface area contributed by atoms with Crippen LogP contribution in [0.5, 0.6) is 0 Å². The Labute approximate surface area is 230 Å². The van der Waals surface area contributed by atoms with Crippen LogP contribution < -0.4 is 10.0 Å². The number of amidine groups is 1. The Bertz CT molecular complexity index is 1410. The molecule has 0 aliphatic carbocycles. The summed E-state index contributed by atoms with van der Waals surface area (Å²) in [4.78, 5) is 26.1. The van der Waals surface area contributed by atoms with Crippen LogP contribution >= 0.6 is 0 Å². The van der Waals surface area contributed by atoms with Gasteiger partial charge >= 0.3 is 0 Å². The molecule has 2 aliphatic heterocycles. The minimum atomic E-state index is -3.48. The summed E-state index contributed by atoms with van der Waals surface area (Å²) in [5.74, 6) is 0.681. The Balaban J connectivity index is 1.36. The first kappa shape index (κ1) is 28.4. The molecule has 0 saturated carbocycles. The van der Waals surface area contributed by atoms with Crippen LogP contribution in [0.3, 0.4) is 0 Å². The number of rotatable bonds is 6. The topological polar surface area (TPSA) is 131 Å². The van der Waals surface area contributed by atoms with Gasteiger partial charge in [-0.1, -0.05) is 12.1 Å². The molecule has 4 rings (SSSR count). The molecule has 11 heteroatoms. The highest BCUT2D eigenvalue weighted by Gasteiger charge is 2.35. The molecule has 1 amide bonds. The van der Waals surface area contributed by atoms with Crippen molar-refractivity contribution in [3.05, 3.63) is 65.0 Å². The van der Waals surface area contributed by atoms with E-state index in [1.807, 2.05) is 13.8 Å². The van der Waals surface area contributed by atoms with E-state index >= 15 is 0 Å². The lowest BCUT2D eigenvalue weighted by atomic mass is 9.96. The fourth-order valence-electron chi connectivity index (χ4n) is 5.24. The summed E-state index contributed by atoms with van der Waals surface area (Å²) in [6.07, 6.45) is 4.41. The van der Waals surface area contributed by atoms with Gasteiger partial charge in [-0.3, -0.25) is 14.4 Å². The Kier molecular flexibility index (Phi) is 8.51. The molecule has 0 radical (unpaired) electrons. The molecule has 2 atom stereocenters. The van der Waals surface area contributed by atoms with Crippen LogP contribution in [0.25, 0.3) is 0 Å². The highest BCUT2D eigenvalue weighted by molar-refractivity contribution is 7.92. The number of anilines is 2. The number of amides is 1. The molecule has 2 fully saturated rings. The van der Waals surface area contributed by atoms with Gasteiger partial charge in [-0.25, -0.2) is 18.4 Å². The number of benzene rings is 1. The normalized spacial score (nSPS) is 21.9. The van der Waals surface area contributed by atoms with Crippen molar-refractivity contribution in [2.45, 2.75) is 52.6 Å². The van der Waals surface area contributed by atoms with E-state index in [4.69, 9.17) is 5.41 Å². The van der Waals surface area contributed by atoms with E-state index in [0.29, 0.717) is 25.3 Å². The van der Waals surface area contributed by atoms with Gasteiger partial charge in [0, 0.05) is 49.2 Å². The van der Waals surface area contributed by atoms with Crippen molar-refractivity contribution < 1.29 is 13.2 Å². The average molecular weight is 552 g/mol. The van der Waals surface area contributed by atoms with Crippen LogP contribution in [0.4, 0.5) is 11.5 Å². The Morgan fingerprint density at radius 2 is 1.90 bits per heavy atom. The first-order chi connectivity index (χ1) is 18.4. The quantitative estimate of drug-likeness (QED) is 0.370. The molecule has 39 heavy (non-hydrogen) atoms. The van der Waals surface area contributed by atoms with E-state index in [0.717, 1.165) is 36.2 Å². The summed E-state index contributed by atoms with van der Waals surface area (Å²) in [5.41, 5.74) is 5.06. The monoisotopic (exact) mass is 551 g/mol. The second-order valence-corrected chi connectivity index (χ2v) is 12.3. The maximum Gasteiger partial charge on any atom is 0.272 e. The molecule has 10 nitrogen and oxygen atoms in total. The number of nitrogens with one attached hydrogen (secondary N) is 3. The van der Waals surface area contributed by atoms with Crippen molar-refractivity contribution in [1.29, 1.82) is 5.41 Å². The van der Waals surface area contributed by atoms with Crippen LogP contribution in [0.1, 0.15) is 48.3 Å². The summed E-state index contributed by atoms with van der Waals surface area (Å²) in [6, 6.07) is 11.3. The molecular weight excluding hydrogens is 514 g/mol. The number of carbonyl (C=O) groups excluding carboxylic acids is 1. The van der Waals surface area contributed by atoms with Gasteiger partial charge in [0.15, 0.2) is 0 Å². The van der Waals surface area contributed by atoms with E-state index in [1.165, 1.54) is 17.2 Å². The van der Waals surface area contributed by atoms with Crippen molar-refractivity contribution in [3.8, 4) is 0 Å². The largest absolute Gasteiger partial charge is 0.344 e. The first-order valence-corrected chi connectivity index (χ1v) is 14.9. The Morgan fingerprint density at radius 1 is 1.18 bits per heavy atom. The second-order valence-electron chi connectivity index (χ2n) is 10.6. The van der Waals surface area contributed by atoms with E-state index in [9.17, 15) is 13.2 Å². The van der Waals surface area contributed by atoms with E-state index in [-0.39, 0.29) is 29.5 Å². The van der Waals surface area contributed by atoms with Gasteiger partial charge in [-0.2, -0.15) is 0 Å². The van der Waals surface area contributed by atoms with Gasteiger partial charge in [0.05, 0.1) is 12.0 Å². The van der Waals surface area contributed by atoms with Crippen molar-refractivity contribution in [2.24, 2.45) is 4.99 Å². The maximum absolute atomic E-state index is 13.2. The number of pyridine rings is 1. The van der Waals surface area contributed by atoms with E-state index in [2.05, 4.69) is 57.0 Å². The maximum atomic E-state index is 13.2. The Hall–Kier alpha value is -3.57. The van der Waals surface area contributed by atoms with Crippen molar-refractivity contribution >= 4 is 39.0 Å². The molecule has 208 valence electrons. The number of hydrogen-bond donors (Lipinski definition) is 3. The second kappa shape index (κ2) is 11.7. The standard InChI is InChI=1S/C28H37N7O3S/c1-18-11-19(2)13-23(12-18)31-21(4)30-15-22-16-34(17-25(22)29)24-9-10-35(20(3)14-24)28(36)26-7-6-8-27(32-26)33-39(5,37)38/h6-8,11-13,15,20,24,29H,9-10,14,16-17H2,1-5H3,(H,30,31)(H,32,33)/b22-15-,29-25?/t20-,24-/m1/s1. The van der Waals surface area contributed by atoms with E-state index < -0.39 is 10.0 Å². The van der Waals surface area contributed by atoms with Crippen molar-refractivity contribution in [2.75, 3.05) is 35.9 Å². The molecule has 2 aliphatic rings. The number of aryl methyl sites for hydroxylation is 2. The Morgan fingerprint density at radius 3 is 2.56 bits per heavy atom. The summed E-state index contributed by atoms with van der Waals surface area (Å²) in [5, 5.41) is 11.8. The number of likely N-dealkylation sites (tertiary alicyclic amines) is 2. The smallest absolute Gasteiger partial charge is 0.272 e.